The van der Waals surface area contributed by atoms with E-state index in [1.807, 2.05) is 0 Å². The standard InChI is InChI=1S/C12H19N3O4S/c1-9-14-11(8-19-9)7-13-12(16)10-3-5-15(6-4-10)20(2,17)18/h8,10H,3-7H2,1-2H3,(H,13,16). The maximum absolute atomic E-state index is 12.0. The smallest absolute Gasteiger partial charge is 0.223 e. The third kappa shape index (κ3) is 3.80. The van der Waals surface area contributed by atoms with Crippen molar-refractivity contribution in [3.8, 4) is 0 Å². The first kappa shape index (κ1) is 15.0. The van der Waals surface area contributed by atoms with Gasteiger partial charge in [0.25, 0.3) is 0 Å². The number of hydrogen-bond donors (Lipinski definition) is 1. The molecule has 0 aliphatic carbocycles. The molecule has 2 rings (SSSR count). The number of oxazole rings is 1. The number of nitrogens with zero attached hydrogens (tertiary/aromatic N) is 2. The van der Waals surface area contributed by atoms with Crippen LogP contribution in [-0.2, 0) is 21.4 Å². The third-order valence-electron chi connectivity index (χ3n) is 3.40. The number of carbonyl (C=O) groups is 1. The lowest BCUT2D eigenvalue weighted by Gasteiger charge is -2.29. The zero-order chi connectivity index (χ0) is 14.8. The molecule has 8 heteroatoms. The fourth-order valence-electron chi connectivity index (χ4n) is 2.26. The van der Waals surface area contributed by atoms with Crippen LogP contribution < -0.4 is 5.32 Å². The van der Waals surface area contributed by atoms with Gasteiger partial charge in [0.15, 0.2) is 5.89 Å². The van der Waals surface area contributed by atoms with Crippen molar-refractivity contribution in [3.05, 3.63) is 17.8 Å². The van der Waals surface area contributed by atoms with Crippen LogP contribution in [0.3, 0.4) is 0 Å². The summed E-state index contributed by atoms with van der Waals surface area (Å²) in [6.45, 7) is 2.88. The number of amides is 1. The molecule has 0 spiro atoms. The predicted molar refractivity (Wildman–Crippen MR) is 72.2 cm³/mol. The molecule has 0 aromatic carbocycles. The maximum Gasteiger partial charge on any atom is 0.223 e. The van der Waals surface area contributed by atoms with Crippen molar-refractivity contribution in [1.29, 1.82) is 0 Å². The van der Waals surface area contributed by atoms with Gasteiger partial charge in [-0.25, -0.2) is 17.7 Å². The van der Waals surface area contributed by atoms with Crippen LogP contribution in [0.5, 0.6) is 0 Å². The molecule has 20 heavy (non-hydrogen) atoms. The summed E-state index contributed by atoms with van der Waals surface area (Å²) in [6.07, 6.45) is 3.82. The Hall–Kier alpha value is -1.41. The van der Waals surface area contributed by atoms with Crippen molar-refractivity contribution >= 4 is 15.9 Å². The van der Waals surface area contributed by atoms with Gasteiger partial charge in [0.2, 0.25) is 15.9 Å². The van der Waals surface area contributed by atoms with Gasteiger partial charge in [0.1, 0.15) is 6.26 Å². The molecule has 1 amide bonds. The second-order valence-corrected chi connectivity index (χ2v) is 6.99. The zero-order valence-corrected chi connectivity index (χ0v) is 12.4. The van der Waals surface area contributed by atoms with Crippen LogP contribution in [0.1, 0.15) is 24.4 Å². The molecule has 2 heterocycles. The minimum absolute atomic E-state index is 0.0567. The van der Waals surface area contributed by atoms with Gasteiger partial charge in [-0.1, -0.05) is 0 Å². The highest BCUT2D eigenvalue weighted by Crippen LogP contribution is 2.19. The van der Waals surface area contributed by atoms with Crippen LogP contribution in [-0.4, -0.2) is 43.0 Å². The first-order valence-corrected chi connectivity index (χ1v) is 8.35. The van der Waals surface area contributed by atoms with Gasteiger partial charge in [0, 0.05) is 25.9 Å². The van der Waals surface area contributed by atoms with Gasteiger partial charge in [-0.3, -0.25) is 4.79 Å². The lowest BCUT2D eigenvalue weighted by atomic mass is 9.97. The number of aryl methyl sites for hydroxylation is 1. The lowest BCUT2D eigenvalue weighted by Crippen LogP contribution is -2.42. The van der Waals surface area contributed by atoms with Crippen LogP contribution >= 0.6 is 0 Å². The molecule has 1 aliphatic heterocycles. The molecule has 1 aromatic heterocycles. The Morgan fingerprint density at radius 3 is 2.65 bits per heavy atom. The van der Waals surface area contributed by atoms with Gasteiger partial charge in [-0.15, -0.1) is 0 Å². The van der Waals surface area contributed by atoms with E-state index in [-0.39, 0.29) is 11.8 Å². The number of piperidine rings is 1. The van der Waals surface area contributed by atoms with Gasteiger partial charge in [0.05, 0.1) is 18.5 Å². The van der Waals surface area contributed by atoms with E-state index in [0.29, 0.717) is 44.1 Å². The first-order valence-electron chi connectivity index (χ1n) is 6.50. The minimum Gasteiger partial charge on any atom is -0.449 e. The summed E-state index contributed by atoms with van der Waals surface area (Å²) in [5, 5.41) is 2.81. The van der Waals surface area contributed by atoms with Crippen molar-refractivity contribution in [2.75, 3.05) is 19.3 Å². The molecular weight excluding hydrogens is 282 g/mol. The Kier molecular flexibility index (Phi) is 4.44. The van der Waals surface area contributed by atoms with Crippen LogP contribution in [0.2, 0.25) is 0 Å². The van der Waals surface area contributed by atoms with Crippen molar-refractivity contribution in [3.63, 3.8) is 0 Å². The van der Waals surface area contributed by atoms with E-state index in [1.54, 1.807) is 6.92 Å². The molecule has 0 radical (unpaired) electrons. The van der Waals surface area contributed by atoms with Crippen LogP contribution in [0.4, 0.5) is 0 Å². The van der Waals surface area contributed by atoms with Gasteiger partial charge in [-0.05, 0) is 12.8 Å². The average Bonchev–Trinajstić information content (AvgIpc) is 2.81. The highest BCUT2D eigenvalue weighted by atomic mass is 32.2. The SMILES string of the molecule is Cc1nc(CNC(=O)C2CCN(S(C)(=O)=O)CC2)co1. The molecule has 0 saturated carbocycles. The Morgan fingerprint density at radius 1 is 1.50 bits per heavy atom. The van der Waals surface area contributed by atoms with E-state index < -0.39 is 10.0 Å². The average molecular weight is 301 g/mol. The second-order valence-electron chi connectivity index (χ2n) is 5.01. The maximum atomic E-state index is 12.0. The summed E-state index contributed by atoms with van der Waals surface area (Å²) in [7, 11) is -3.15. The number of rotatable bonds is 4. The van der Waals surface area contributed by atoms with E-state index in [9.17, 15) is 13.2 Å². The van der Waals surface area contributed by atoms with Crippen LogP contribution in [0.25, 0.3) is 0 Å². The normalized spacial score (nSPS) is 18.1. The molecular formula is C12H19N3O4S. The van der Waals surface area contributed by atoms with E-state index in [0.717, 1.165) is 0 Å². The van der Waals surface area contributed by atoms with Crippen molar-refractivity contribution in [2.24, 2.45) is 5.92 Å². The summed E-state index contributed by atoms with van der Waals surface area (Å²) in [6, 6.07) is 0. The topological polar surface area (TPSA) is 92.5 Å². The number of nitrogens with one attached hydrogen (secondary N) is 1. The fourth-order valence-corrected chi connectivity index (χ4v) is 3.14. The van der Waals surface area contributed by atoms with Gasteiger partial charge in [-0.2, -0.15) is 0 Å². The van der Waals surface area contributed by atoms with E-state index >= 15 is 0 Å². The third-order valence-corrected chi connectivity index (χ3v) is 4.71. The molecule has 0 unspecified atom stereocenters. The first-order chi connectivity index (χ1) is 9.36. The summed E-state index contributed by atoms with van der Waals surface area (Å²) in [5.41, 5.74) is 0.685. The summed E-state index contributed by atoms with van der Waals surface area (Å²) in [5.74, 6) is 0.371. The van der Waals surface area contributed by atoms with Crippen LogP contribution in [0.15, 0.2) is 10.7 Å². The zero-order valence-electron chi connectivity index (χ0n) is 11.6. The summed E-state index contributed by atoms with van der Waals surface area (Å²) in [4.78, 5) is 16.1. The predicted octanol–water partition coefficient (Wildman–Crippen LogP) is 0.271. The van der Waals surface area contributed by atoms with E-state index in [2.05, 4.69) is 10.3 Å². The van der Waals surface area contributed by atoms with Gasteiger partial charge >= 0.3 is 0 Å². The molecule has 1 aromatic rings. The number of hydrogen-bond acceptors (Lipinski definition) is 5. The molecule has 0 bridgehead atoms. The molecule has 1 fully saturated rings. The Labute approximate surface area is 118 Å². The molecule has 1 aliphatic rings. The number of sulfonamides is 1. The monoisotopic (exact) mass is 301 g/mol. The molecule has 1 saturated heterocycles. The molecule has 7 nitrogen and oxygen atoms in total. The quantitative estimate of drug-likeness (QED) is 0.862. The molecule has 112 valence electrons. The Bertz CT molecular complexity index is 573. The summed E-state index contributed by atoms with van der Waals surface area (Å²) >= 11 is 0. The number of aromatic nitrogens is 1. The van der Waals surface area contributed by atoms with E-state index in [1.165, 1.54) is 16.8 Å². The lowest BCUT2D eigenvalue weighted by molar-refractivity contribution is -0.126. The van der Waals surface area contributed by atoms with Crippen molar-refractivity contribution in [1.82, 2.24) is 14.6 Å². The van der Waals surface area contributed by atoms with Gasteiger partial charge < -0.3 is 9.73 Å². The number of carbonyl (C=O) groups excluding carboxylic acids is 1. The highest BCUT2D eigenvalue weighted by Gasteiger charge is 2.28. The van der Waals surface area contributed by atoms with Crippen molar-refractivity contribution in [2.45, 2.75) is 26.3 Å². The second kappa shape index (κ2) is 5.92. The van der Waals surface area contributed by atoms with Crippen LogP contribution in [0, 0.1) is 12.8 Å². The van der Waals surface area contributed by atoms with E-state index in [4.69, 9.17) is 4.42 Å². The Morgan fingerprint density at radius 2 is 2.15 bits per heavy atom. The Balaban J connectivity index is 1.80. The highest BCUT2D eigenvalue weighted by molar-refractivity contribution is 7.88. The fraction of sp³-hybridized carbons (Fsp3) is 0.667. The largest absolute Gasteiger partial charge is 0.449 e. The van der Waals surface area contributed by atoms with Crippen molar-refractivity contribution < 1.29 is 17.6 Å². The molecule has 1 N–H and O–H groups in total. The minimum atomic E-state index is -3.15. The molecule has 0 atom stereocenters. The summed E-state index contributed by atoms with van der Waals surface area (Å²) < 4.78 is 29.2.